The molecule has 4 rings (SSSR count). The van der Waals surface area contributed by atoms with E-state index in [-0.39, 0.29) is 11.4 Å². The predicted molar refractivity (Wildman–Crippen MR) is 96.0 cm³/mol. The van der Waals surface area contributed by atoms with Gasteiger partial charge >= 0.3 is 0 Å². The van der Waals surface area contributed by atoms with Crippen molar-refractivity contribution in [3.8, 4) is 6.07 Å². The Morgan fingerprint density at radius 1 is 1.11 bits per heavy atom. The van der Waals surface area contributed by atoms with Crippen molar-refractivity contribution in [1.29, 1.82) is 5.26 Å². The quantitative estimate of drug-likeness (QED) is 0.542. The fourth-order valence-corrected chi connectivity index (χ4v) is 2.57. The van der Waals surface area contributed by atoms with Crippen LogP contribution in [0.25, 0.3) is 10.9 Å². The molecule has 2 aromatic heterocycles. The number of nitriles is 1. The Kier molecular flexibility index (Phi) is 4.03. The van der Waals surface area contributed by atoms with Crippen LogP contribution in [0.5, 0.6) is 0 Å². The molecule has 0 aliphatic rings. The lowest BCUT2D eigenvalue weighted by Gasteiger charge is -2.09. The summed E-state index contributed by atoms with van der Waals surface area (Å²) < 4.78 is 13.1. The number of halogens is 1. The third-order valence-electron chi connectivity index (χ3n) is 3.86. The Morgan fingerprint density at radius 3 is 2.63 bits per heavy atom. The number of aromatic amines is 1. The Morgan fingerprint density at radius 2 is 1.89 bits per heavy atom. The van der Waals surface area contributed by atoms with E-state index in [0.717, 1.165) is 0 Å². The van der Waals surface area contributed by atoms with Crippen LogP contribution in [-0.2, 0) is 0 Å². The maximum absolute atomic E-state index is 13.1. The summed E-state index contributed by atoms with van der Waals surface area (Å²) in [4.78, 5) is 21.4. The molecular formula is C19H11FN6O. The smallest absolute Gasteiger partial charge is 0.230 e. The first kappa shape index (κ1) is 16.4. The SMILES string of the molecule is N#Cc1cc(Nc2nc(C(=O)c3ccc(F)cc3)nc3ccccc23)n[nH]1. The van der Waals surface area contributed by atoms with Gasteiger partial charge < -0.3 is 5.32 Å². The van der Waals surface area contributed by atoms with E-state index in [4.69, 9.17) is 5.26 Å². The lowest BCUT2D eigenvalue weighted by molar-refractivity contribution is 0.103. The molecule has 0 spiro atoms. The number of benzene rings is 2. The number of aromatic nitrogens is 4. The summed E-state index contributed by atoms with van der Waals surface area (Å²) in [6.07, 6.45) is 0. The third-order valence-corrected chi connectivity index (χ3v) is 3.86. The number of carbonyl (C=O) groups is 1. The summed E-state index contributed by atoms with van der Waals surface area (Å²) >= 11 is 0. The molecule has 0 radical (unpaired) electrons. The first-order valence-electron chi connectivity index (χ1n) is 7.93. The summed E-state index contributed by atoms with van der Waals surface area (Å²) in [6.45, 7) is 0. The minimum absolute atomic E-state index is 0.0288. The van der Waals surface area contributed by atoms with Gasteiger partial charge in [0.1, 0.15) is 23.4 Å². The molecule has 7 nitrogen and oxygen atoms in total. The van der Waals surface area contributed by atoms with Gasteiger partial charge in [-0.1, -0.05) is 12.1 Å². The number of rotatable bonds is 4. The molecule has 4 aromatic rings. The molecule has 0 bridgehead atoms. The second-order valence-corrected chi connectivity index (χ2v) is 5.65. The molecule has 0 aliphatic carbocycles. The van der Waals surface area contributed by atoms with Crippen LogP contribution >= 0.6 is 0 Å². The summed E-state index contributed by atoms with van der Waals surface area (Å²) in [6, 6.07) is 15.9. The Bertz CT molecular complexity index is 1190. The van der Waals surface area contributed by atoms with Crippen LogP contribution in [0.3, 0.4) is 0 Å². The minimum atomic E-state index is -0.430. The number of hydrogen-bond acceptors (Lipinski definition) is 6. The van der Waals surface area contributed by atoms with E-state index in [1.807, 2.05) is 18.2 Å². The summed E-state index contributed by atoms with van der Waals surface area (Å²) in [7, 11) is 0. The standard InChI is InChI=1S/C19H11FN6O/c20-12-7-5-11(6-8-12)17(27)19-22-15-4-2-1-3-14(15)18(24-19)23-16-9-13(10-21)25-26-16/h1-9H,(H2,22,23,24,25,26). The largest absolute Gasteiger partial charge is 0.323 e. The van der Waals surface area contributed by atoms with Gasteiger partial charge in [0.15, 0.2) is 5.82 Å². The second kappa shape index (κ2) is 6.65. The monoisotopic (exact) mass is 358 g/mol. The van der Waals surface area contributed by atoms with E-state index in [0.29, 0.717) is 28.2 Å². The number of hydrogen-bond donors (Lipinski definition) is 2. The lowest BCUT2D eigenvalue weighted by atomic mass is 10.1. The van der Waals surface area contributed by atoms with Crippen LogP contribution < -0.4 is 5.32 Å². The van der Waals surface area contributed by atoms with Gasteiger partial charge in [-0.05, 0) is 36.4 Å². The van der Waals surface area contributed by atoms with E-state index < -0.39 is 11.6 Å². The van der Waals surface area contributed by atoms with E-state index in [2.05, 4.69) is 25.5 Å². The van der Waals surface area contributed by atoms with Gasteiger partial charge in [0, 0.05) is 17.0 Å². The zero-order chi connectivity index (χ0) is 18.8. The van der Waals surface area contributed by atoms with E-state index in [1.54, 1.807) is 12.1 Å². The van der Waals surface area contributed by atoms with Crippen molar-refractivity contribution in [3.05, 3.63) is 77.5 Å². The molecule has 0 aliphatic heterocycles. The zero-order valence-electron chi connectivity index (χ0n) is 13.8. The number of H-pyrrole nitrogens is 1. The number of fused-ring (bicyclic) bond motifs is 1. The fraction of sp³-hybridized carbons (Fsp3) is 0. The molecule has 8 heteroatoms. The average molecular weight is 358 g/mol. The third kappa shape index (κ3) is 3.21. The molecule has 0 saturated carbocycles. The maximum atomic E-state index is 13.1. The minimum Gasteiger partial charge on any atom is -0.323 e. The predicted octanol–water partition coefficient (Wildman–Crippen LogP) is 3.34. The van der Waals surface area contributed by atoms with Gasteiger partial charge in [-0.3, -0.25) is 9.89 Å². The van der Waals surface area contributed by atoms with Gasteiger partial charge in [0.25, 0.3) is 0 Å². The summed E-state index contributed by atoms with van der Waals surface area (Å²) in [5, 5.41) is 19.2. The Labute approximate surface area is 152 Å². The van der Waals surface area contributed by atoms with Crippen LogP contribution in [0.2, 0.25) is 0 Å². The highest BCUT2D eigenvalue weighted by Gasteiger charge is 2.16. The van der Waals surface area contributed by atoms with Gasteiger partial charge in [-0.2, -0.15) is 10.4 Å². The Hall–Kier alpha value is -4.12. The molecule has 0 amide bonds. The van der Waals surface area contributed by atoms with Gasteiger partial charge in [-0.15, -0.1) is 0 Å². The molecular weight excluding hydrogens is 347 g/mol. The summed E-state index contributed by atoms with van der Waals surface area (Å²) in [5.41, 5.74) is 1.14. The molecule has 0 saturated heterocycles. The number of ketones is 1. The molecule has 2 heterocycles. The van der Waals surface area contributed by atoms with Crippen LogP contribution in [0, 0.1) is 17.1 Å². The van der Waals surface area contributed by atoms with Crippen LogP contribution in [0.15, 0.2) is 54.6 Å². The zero-order valence-corrected chi connectivity index (χ0v) is 13.8. The van der Waals surface area contributed by atoms with Crippen molar-refractivity contribution in [2.75, 3.05) is 5.32 Å². The maximum Gasteiger partial charge on any atom is 0.230 e. The summed E-state index contributed by atoms with van der Waals surface area (Å²) in [5.74, 6) is -0.125. The highest BCUT2D eigenvalue weighted by atomic mass is 19.1. The van der Waals surface area contributed by atoms with Crippen molar-refractivity contribution in [2.45, 2.75) is 0 Å². The van der Waals surface area contributed by atoms with E-state index >= 15 is 0 Å². The topological polar surface area (TPSA) is 107 Å². The Balaban J connectivity index is 1.79. The number of carbonyl (C=O) groups excluding carboxylic acids is 1. The number of nitrogens with one attached hydrogen (secondary N) is 2. The van der Waals surface area contributed by atoms with Gasteiger partial charge in [-0.25, -0.2) is 14.4 Å². The molecule has 2 N–H and O–H groups in total. The van der Waals surface area contributed by atoms with E-state index in [1.165, 1.54) is 30.3 Å². The molecule has 2 aromatic carbocycles. The van der Waals surface area contributed by atoms with Crippen molar-refractivity contribution < 1.29 is 9.18 Å². The normalized spacial score (nSPS) is 10.5. The molecule has 0 atom stereocenters. The fourth-order valence-electron chi connectivity index (χ4n) is 2.57. The molecule has 0 unspecified atom stereocenters. The van der Waals surface area contributed by atoms with Crippen LogP contribution in [0.1, 0.15) is 21.9 Å². The molecule has 130 valence electrons. The highest BCUT2D eigenvalue weighted by Crippen LogP contribution is 2.24. The number of anilines is 2. The van der Waals surface area contributed by atoms with Crippen molar-refractivity contribution in [2.24, 2.45) is 0 Å². The van der Waals surface area contributed by atoms with Gasteiger partial charge in [0.05, 0.1) is 5.52 Å². The van der Waals surface area contributed by atoms with Crippen LogP contribution in [0.4, 0.5) is 16.0 Å². The lowest BCUT2D eigenvalue weighted by Crippen LogP contribution is -2.09. The second-order valence-electron chi connectivity index (χ2n) is 5.65. The first-order chi connectivity index (χ1) is 13.1. The van der Waals surface area contributed by atoms with E-state index in [9.17, 15) is 9.18 Å². The molecule has 0 fully saturated rings. The van der Waals surface area contributed by atoms with Crippen molar-refractivity contribution in [3.63, 3.8) is 0 Å². The number of para-hydroxylation sites is 1. The van der Waals surface area contributed by atoms with Crippen LogP contribution in [-0.4, -0.2) is 25.9 Å². The average Bonchev–Trinajstić information content (AvgIpc) is 3.15. The number of nitrogens with zero attached hydrogens (tertiary/aromatic N) is 4. The van der Waals surface area contributed by atoms with Crippen molar-refractivity contribution in [1.82, 2.24) is 20.2 Å². The highest BCUT2D eigenvalue weighted by molar-refractivity contribution is 6.08. The van der Waals surface area contributed by atoms with Gasteiger partial charge in [0.2, 0.25) is 11.6 Å². The van der Waals surface area contributed by atoms with Crippen molar-refractivity contribution >= 4 is 28.3 Å². The first-order valence-corrected chi connectivity index (χ1v) is 7.93. The molecule has 27 heavy (non-hydrogen) atoms.